The fraction of sp³-hybridized carbons (Fsp3) is 0.0667. The number of halogens is 2. The van der Waals surface area contributed by atoms with Gasteiger partial charge in [-0.15, -0.1) is 0 Å². The Hall–Kier alpha value is -2.04. The number of nitrogen functional groups attached to an aromatic ring is 1. The quantitative estimate of drug-likeness (QED) is 0.734. The molecule has 1 aromatic heterocycles. The van der Waals surface area contributed by atoms with Gasteiger partial charge in [-0.05, 0) is 23.8 Å². The lowest BCUT2D eigenvalue weighted by Gasteiger charge is -2.02. The number of aromatic nitrogens is 2. The number of hydrogen-bond donors (Lipinski definition) is 1. The summed E-state index contributed by atoms with van der Waals surface area (Å²) in [6.07, 6.45) is 0.480. The van der Waals surface area contributed by atoms with Crippen molar-refractivity contribution in [3.05, 3.63) is 63.9 Å². The van der Waals surface area contributed by atoms with Gasteiger partial charge in [-0.3, -0.25) is 0 Å². The first-order valence-corrected chi connectivity index (χ1v) is 7.01. The van der Waals surface area contributed by atoms with Crippen LogP contribution in [0.15, 0.2) is 47.0 Å². The maximum Gasteiger partial charge on any atom is 0.261 e. The molecule has 1 heterocycles. The van der Waals surface area contributed by atoms with Gasteiger partial charge in [0.2, 0.25) is 0 Å². The molecule has 0 fully saturated rings. The molecule has 0 unspecified atom stereocenters. The second kappa shape index (κ2) is 5.76. The monoisotopic (exact) mass is 319 g/mol. The van der Waals surface area contributed by atoms with Crippen molar-refractivity contribution in [1.82, 2.24) is 10.1 Å². The molecule has 6 heteroatoms. The Morgan fingerprint density at radius 1 is 1.00 bits per heavy atom. The van der Waals surface area contributed by atoms with E-state index in [9.17, 15) is 0 Å². The summed E-state index contributed by atoms with van der Waals surface area (Å²) in [5.74, 6) is 0.831. The van der Waals surface area contributed by atoms with Crippen LogP contribution in [0.25, 0.3) is 11.5 Å². The van der Waals surface area contributed by atoms with Gasteiger partial charge in [-0.1, -0.05) is 52.6 Å². The molecule has 0 aliphatic heterocycles. The lowest BCUT2D eigenvalue weighted by atomic mass is 10.1. The fourth-order valence-electron chi connectivity index (χ4n) is 2.01. The van der Waals surface area contributed by atoms with Gasteiger partial charge in [-0.2, -0.15) is 4.98 Å². The standard InChI is InChI=1S/C15H11Cl2N3O/c16-10-5-2-1-4-9(10)8-13-19-15(21-20-13)14-11(17)6-3-7-12(14)18/h1-7H,8,18H2. The van der Waals surface area contributed by atoms with Crippen molar-refractivity contribution in [3.63, 3.8) is 0 Å². The van der Waals surface area contributed by atoms with E-state index in [1.54, 1.807) is 18.2 Å². The van der Waals surface area contributed by atoms with E-state index in [1.807, 2.05) is 24.3 Å². The van der Waals surface area contributed by atoms with Crippen LogP contribution in [-0.4, -0.2) is 10.1 Å². The molecule has 21 heavy (non-hydrogen) atoms. The van der Waals surface area contributed by atoms with Crippen LogP contribution in [0.2, 0.25) is 10.0 Å². The Balaban J connectivity index is 1.92. The Bertz CT molecular complexity index is 766. The highest BCUT2D eigenvalue weighted by Gasteiger charge is 2.15. The average Bonchev–Trinajstić information content (AvgIpc) is 2.89. The Labute approximate surface area is 131 Å². The van der Waals surface area contributed by atoms with Crippen LogP contribution < -0.4 is 5.73 Å². The van der Waals surface area contributed by atoms with Crippen molar-refractivity contribution >= 4 is 28.9 Å². The van der Waals surface area contributed by atoms with Crippen molar-refractivity contribution < 1.29 is 4.52 Å². The number of benzene rings is 2. The minimum atomic E-state index is 0.306. The van der Waals surface area contributed by atoms with E-state index >= 15 is 0 Å². The summed E-state index contributed by atoms with van der Waals surface area (Å²) in [5.41, 5.74) is 7.88. The first kappa shape index (κ1) is 13.9. The summed E-state index contributed by atoms with van der Waals surface area (Å²) in [6, 6.07) is 12.8. The zero-order valence-electron chi connectivity index (χ0n) is 10.9. The smallest absolute Gasteiger partial charge is 0.261 e. The largest absolute Gasteiger partial charge is 0.398 e. The van der Waals surface area contributed by atoms with Crippen molar-refractivity contribution in [2.75, 3.05) is 5.73 Å². The van der Waals surface area contributed by atoms with Gasteiger partial charge in [0.1, 0.15) is 0 Å². The molecule has 0 aliphatic carbocycles. The topological polar surface area (TPSA) is 64.9 Å². The summed E-state index contributed by atoms with van der Waals surface area (Å²) in [6.45, 7) is 0. The summed E-state index contributed by atoms with van der Waals surface area (Å²) in [7, 11) is 0. The maximum atomic E-state index is 6.13. The molecule has 2 N–H and O–H groups in total. The molecule has 0 bridgehead atoms. The zero-order valence-corrected chi connectivity index (χ0v) is 12.4. The molecule has 0 saturated heterocycles. The number of anilines is 1. The third-order valence-electron chi connectivity index (χ3n) is 3.03. The molecule has 0 aliphatic rings. The third kappa shape index (κ3) is 2.86. The normalized spacial score (nSPS) is 10.8. The van der Waals surface area contributed by atoms with E-state index in [0.29, 0.717) is 39.4 Å². The van der Waals surface area contributed by atoms with Gasteiger partial charge >= 0.3 is 0 Å². The minimum Gasteiger partial charge on any atom is -0.398 e. The summed E-state index contributed by atoms with van der Waals surface area (Å²) >= 11 is 12.3. The highest BCUT2D eigenvalue weighted by atomic mass is 35.5. The van der Waals surface area contributed by atoms with Gasteiger partial charge in [-0.25, -0.2) is 0 Å². The molecule has 4 nitrogen and oxygen atoms in total. The van der Waals surface area contributed by atoms with Gasteiger partial charge in [0.15, 0.2) is 5.82 Å². The summed E-state index contributed by atoms with van der Waals surface area (Å²) in [4.78, 5) is 4.34. The van der Waals surface area contributed by atoms with E-state index in [-0.39, 0.29) is 0 Å². The Morgan fingerprint density at radius 2 is 1.76 bits per heavy atom. The van der Waals surface area contributed by atoms with Crippen LogP contribution in [0.1, 0.15) is 11.4 Å². The average molecular weight is 320 g/mol. The molecule has 0 radical (unpaired) electrons. The molecular weight excluding hydrogens is 309 g/mol. The van der Waals surface area contributed by atoms with Crippen LogP contribution in [0.3, 0.4) is 0 Å². The van der Waals surface area contributed by atoms with Crippen LogP contribution >= 0.6 is 23.2 Å². The van der Waals surface area contributed by atoms with E-state index in [4.69, 9.17) is 33.5 Å². The molecule has 106 valence electrons. The van der Waals surface area contributed by atoms with E-state index in [2.05, 4.69) is 10.1 Å². The summed E-state index contributed by atoms with van der Waals surface area (Å²) in [5, 5.41) is 5.09. The molecule has 3 aromatic rings. The molecule has 0 spiro atoms. The molecule has 0 amide bonds. The minimum absolute atomic E-state index is 0.306. The Kier molecular flexibility index (Phi) is 3.82. The Morgan fingerprint density at radius 3 is 2.52 bits per heavy atom. The number of nitrogens with two attached hydrogens (primary N) is 1. The number of hydrogen-bond acceptors (Lipinski definition) is 4. The lowest BCUT2D eigenvalue weighted by Crippen LogP contribution is -1.93. The first-order chi connectivity index (χ1) is 10.1. The fourth-order valence-corrected chi connectivity index (χ4v) is 2.47. The molecule has 0 saturated carbocycles. The number of rotatable bonds is 3. The second-order valence-corrected chi connectivity index (χ2v) is 5.30. The van der Waals surface area contributed by atoms with Crippen molar-refractivity contribution in [1.29, 1.82) is 0 Å². The van der Waals surface area contributed by atoms with Gasteiger partial charge in [0.25, 0.3) is 5.89 Å². The first-order valence-electron chi connectivity index (χ1n) is 6.25. The zero-order chi connectivity index (χ0) is 14.8. The van der Waals surface area contributed by atoms with Crippen LogP contribution in [0.4, 0.5) is 5.69 Å². The maximum absolute atomic E-state index is 6.13. The predicted octanol–water partition coefficient (Wildman–Crippen LogP) is 4.22. The lowest BCUT2D eigenvalue weighted by molar-refractivity contribution is 0.424. The predicted molar refractivity (Wildman–Crippen MR) is 83.4 cm³/mol. The summed E-state index contributed by atoms with van der Waals surface area (Å²) < 4.78 is 5.26. The van der Waals surface area contributed by atoms with E-state index < -0.39 is 0 Å². The van der Waals surface area contributed by atoms with Crippen molar-refractivity contribution in [2.45, 2.75) is 6.42 Å². The second-order valence-electron chi connectivity index (χ2n) is 4.49. The third-order valence-corrected chi connectivity index (χ3v) is 3.72. The van der Waals surface area contributed by atoms with Crippen molar-refractivity contribution in [3.8, 4) is 11.5 Å². The highest BCUT2D eigenvalue weighted by molar-refractivity contribution is 6.33. The van der Waals surface area contributed by atoms with Crippen LogP contribution in [0, 0.1) is 0 Å². The van der Waals surface area contributed by atoms with Crippen LogP contribution in [-0.2, 0) is 6.42 Å². The van der Waals surface area contributed by atoms with Gasteiger partial charge < -0.3 is 10.3 Å². The number of nitrogens with zero attached hydrogens (tertiary/aromatic N) is 2. The van der Waals surface area contributed by atoms with Gasteiger partial charge in [0.05, 0.1) is 10.6 Å². The molecule has 3 rings (SSSR count). The van der Waals surface area contributed by atoms with E-state index in [0.717, 1.165) is 5.56 Å². The SMILES string of the molecule is Nc1cccc(Cl)c1-c1nc(Cc2ccccc2Cl)no1. The molecular formula is C15H11Cl2N3O. The van der Waals surface area contributed by atoms with Crippen LogP contribution in [0.5, 0.6) is 0 Å². The molecule has 0 atom stereocenters. The van der Waals surface area contributed by atoms with E-state index in [1.165, 1.54) is 0 Å². The molecule has 2 aromatic carbocycles. The van der Waals surface area contributed by atoms with Gasteiger partial charge in [0, 0.05) is 17.1 Å². The van der Waals surface area contributed by atoms with Crippen molar-refractivity contribution in [2.24, 2.45) is 0 Å². The highest BCUT2D eigenvalue weighted by Crippen LogP contribution is 2.32.